The lowest BCUT2D eigenvalue weighted by atomic mass is 10.2. The van der Waals surface area contributed by atoms with E-state index in [0.717, 1.165) is 35.4 Å². The van der Waals surface area contributed by atoms with Crippen molar-refractivity contribution in [2.75, 3.05) is 5.73 Å². The number of nitrogens with zero attached hydrogens (tertiary/aromatic N) is 4. The molecule has 0 spiro atoms. The molecular formula is C14H14ClN5. The van der Waals surface area contributed by atoms with Gasteiger partial charge in [0.05, 0.1) is 0 Å². The van der Waals surface area contributed by atoms with E-state index >= 15 is 0 Å². The fourth-order valence-electron chi connectivity index (χ4n) is 2.28. The highest BCUT2D eigenvalue weighted by atomic mass is 35.5. The molecule has 0 radical (unpaired) electrons. The molecule has 0 aliphatic heterocycles. The van der Waals surface area contributed by atoms with E-state index in [2.05, 4.69) is 27.9 Å². The number of aryl methyl sites for hydroxylation is 1. The predicted molar refractivity (Wildman–Crippen MR) is 80.1 cm³/mol. The minimum absolute atomic E-state index is 0.226. The van der Waals surface area contributed by atoms with Gasteiger partial charge in [0.1, 0.15) is 11.6 Å². The molecule has 0 aromatic carbocycles. The van der Waals surface area contributed by atoms with Crippen LogP contribution in [0, 0.1) is 0 Å². The van der Waals surface area contributed by atoms with Gasteiger partial charge in [0.15, 0.2) is 5.65 Å². The largest absolute Gasteiger partial charge is 0.384 e. The van der Waals surface area contributed by atoms with E-state index in [1.165, 1.54) is 0 Å². The maximum Gasteiger partial charge on any atom is 0.224 e. The molecule has 20 heavy (non-hydrogen) atoms. The fourth-order valence-corrected chi connectivity index (χ4v) is 2.41. The maximum atomic E-state index is 5.92. The van der Waals surface area contributed by atoms with Crippen LogP contribution >= 0.6 is 11.6 Å². The summed E-state index contributed by atoms with van der Waals surface area (Å²) in [7, 11) is 0. The average Bonchev–Trinajstić information content (AvgIpc) is 2.76. The zero-order valence-electron chi connectivity index (χ0n) is 11.0. The van der Waals surface area contributed by atoms with Gasteiger partial charge < -0.3 is 5.73 Å². The molecule has 0 saturated heterocycles. The highest BCUT2D eigenvalue weighted by Crippen LogP contribution is 2.24. The lowest BCUT2D eigenvalue weighted by molar-refractivity contribution is 0.838. The van der Waals surface area contributed by atoms with Gasteiger partial charge in [-0.05, 0) is 36.2 Å². The molecule has 0 aliphatic carbocycles. The molecule has 0 saturated carbocycles. The van der Waals surface area contributed by atoms with E-state index in [4.69, 9.17) is 17.3 Å². The number of nitrogen functional groups attached to an aromatic ring is 1. The summed E-state index contributed by atoms with van der Waals surface area (Å²) >= 11 is 5.92. The number of rotatable bonds is 3. The molecule has 5 nitrogen and oxygen atoms in total. The van der Waals surface area contributed by atoms with Crippen molar-refractivity contribution in [2.24, 2.45) is 0 Å². The van der Waals surface area contributed by atoms with Crippen molar-refractivity contribution in [3.8, 4) is 5.82 Å². The third-order valence-corrected chi connectivity index (χ3v) is 3.26. The second-order valence-electron chi connectivity index (χ2n) is 4.56. The van der Waals surface area contributed by atoms with Crippen molar-refractivity contribution < 1.29 is 0 Å². The van der Waals surface area contributed by atoms with Crippen molar-refractivity contribution in [2.45, 2.75) is 19.8 Å². The summed E-state index contributed by atoms with van der Waals surface area (Å²) < 4.78 is 1.99. The highest BCUT2D eigenvalue weighted by Gasteiger charge is 2.13. The number of hydrogen-bond acceptors (Lipinski definition) is 4. The molecule has 0 amide bonds. The Bertz CT molecular complexity index is 765. The highest BCUT2D eigenvalue weighted by molar-refractivity contribution is 6.28. The van der Waals surface area contributed by atoms with Crippen LogP contribution in [0.5, 0.6) is 0 Å². The Morgan fingerprint density at radius 2 is 2.15 bits per heavy atom. The van der Waals surface area contributed by atoms with E-state index in [-0.39, 0.29) is 5.28 Å². The topological polar surface area (TPSA) is 69.6 Å². The van der Waals surface area contributed by atoms with Gasteiger partial charge in [0.25, 0.3) is 0 Å². The van der Waals surface area contributed by atoms with Gasteiger partial charge in [-0.2, -0.15) is 4.98 Å². The number of fused-ring (bicyclic) bond motifs is 1. The lowest BCUT2D eigenvalue weighted by Gasteiger charge is -2.09. The molecule has 2 N–H and O–H groups in total. The second kappa shape index (κ2) is 5.09. The molecule has 6 heteroatoms. The van der Waals surface area contributed by atoms with Gasteiger partial charge >= 0.3 is 0 Å². The Labute approximate surface area is 121 Å². The molecule has 0 unspecified atom stereocenters. The van der Waals surface area contributed by atoms with Gasteiger partial charge in [-0.15, -0.1) is 0 Å². The first-order chi connectivity index (χ1) is 9.69. The van der Waals surface area contributed by atoms with Crippen molar-refractivity contribution in [1.29, 1.82) is 0 Å². The van der Waals surface area contributed by atoms with Crippen LogP contribution < -0.4 is 5.73 Å². The van der Waals surface area contributed by atoms with Crippen LogP contribution in [0.2, 0.25) is 5.28 Å². The summed E-state index contributed by atoms with van der Waals surface area (Å²) in [6.45, 7) is 2.13. The van der Waals surface area contributed by atoms with Crippen LogP contribution in [-0.4, -0.2) is 19.5 Å². The second-order valence-corrected chi connectivity index (χ2v) is 4.90. The van der Waals surface area contributed by atoms with Crippen molar-refractivity contribution in [3.63, 3.8) is 0 Å². The summed E-state index contributed by atoms with van der Waals surface area (Å²) in [5, 5.41) is 1.17. The summed E-state index contributed by atoms with van der Waals surface area (Å²) in [5.41, 5.74) is 7.66. The summed E-state index contributed by atoms with van der Waals surface area (Å²) in [4.78, 5) is 12.7. The van der Waals surface area contributed by atoms with E-state index in [0.29, 0.717) is 5.82 Å². The average molecular weight is 288 g/mol. The van der Waals surface area contributed by atoms with Crippen molar-refractivity contribution in [3.05, 3.63) is 41.4 Å². The quantitative estimate of drug-likeness (QED) is 0.752. The van der Waals surface area contributed by atoms with Crippen LogP contribution in [0.3, 0.4) is 0 Å². The van der Waals surface area contributed by atoms with E-state index in [1.807, 2.05) is 16.7 Å². The third kappa shape index (κ3) is 2.20. The SMILES string of the molecule is CCCc1cc2cnc(Cl)nc2n1-c1cccc(N)n1. The smallest absolute Gasteiger partial charge is 0.224 e. The Morgan fingerprint density at radius 1 is 1.30 bits per heavy atom. The Kier molecular flexibility index (Phi) is 3.28. The zero-order chi connectivity index (χ0) is 14.1. The Balaban J connectivity index is 2.30. The number of pyridine rings is 1. The molecule has 0 aliphatic rings. The molecule has 0 fully saturated rings. The minimum Gasteiger partial charge on any atom is -0.384 e. The first-order valence-electron chi connectivity index (χ1n) is 6.45. The number of anilines is 1. The molecule has 0 atom stereocenters. The van der Waals surface area contributed by atoms with Crippen molar-refractivity contribution in [1.82, 2.24) is 19.5 Å². The van der Waals surface area contributed by atoms with Gasteiger partial charge in [-0.1, -0.05) is 19.4 Å². The van der Waals surface area contributed by atoms with E-state index in [1.54, 1.807) is 12.3 Å². The number of halogens is 1. The molecule has 3 rings (SSSR count). The van der Waals surface area contributed by atoms with Gasteiger partial charge in [0.2, 0.25) is 5.28 Å². The standard InChI is InChI=1S/C14H14ClN5/c1-2-4-10-7-9-8-17-14(15)19-13(9)20(10)12-6-3-5-11(16)18-12/h3,5-8H,2,4H2,1H3,(H2,16,18). The van der Waals surface area contributed by atoms with Crippen LogP contribution in [-0.2, 0) is 6.42 Å². The lowest BCUT2D eigenvalue weighted by Crippen LogP contribution is -2.05. The van der Waals surface area contributed by atoms with E-state index in [9.17, 15) is 0 Å². The van der Waals surface area contributed by atoms with Gasteiger partial charge in [0, 0.05) is 17.3 Å². The molecule has 0 bridgehead atoms. The van der Waals surface area contributed by atoms with Crippen LogP contribution in [0.15, 0.2) is 30.5 Å². The van der Waals surface area contributed by atoms with Crippen LogP contribution in [0.1, 0.15) is 19.0 Å². The molecule has 3 aromatic heterocycles. The van der Waals surface area contributed by atoms with Gasteiger partial charge in [-0.3, -0.25) is 4.57 Å². The predicted octanol–water partition coefficient (Wildman–Crippen LogP) is 3.00. The van der Waals surface area contributed by atoms with Crippen molar-refractivity contribution >= 4 is 28.5 Å². The van der Waals surface area contributed by atoms with E-state index < -0.39 is 0 Å². The minimum atomic E-state index is 0.226. The van der Waals surface area contributed by atoms with Crippen LogP contribution in [0.25, 0.3) is 16.9 Å². The molecule has 3 aromatic rings. The monoisotopic (exact) mass is 287 g/mol. The molecular weight excluding hydrogens is 274 g/mol. The molecule has 102 valence electrons. The summed E-state index contributed by atoms with van der Waals surface area (Å²) in [6, 6.07) is 7.61. The Morgan fingerprint density at radius 3 is 2.90 bits per heavy atom. The van der Waals surface area contributed by atoms with Crippen LogP contribution in [0.4, 0.5) is 5.82 Å². The first kappa shape index (κ1) is 12.9. The Hall–Kier alpha value is -2.14. The maximum absolute atomic E-state index is 5.92. The normalized spacial score (nSPS) is 11.1. The first-order valence-corrected chi connectivity index (χ1v) is 6.82. The number of aromatic nitrogens is 4. The summed E-state index contributed by atoms with van der Waals surface area (Å²) in [6.07, 6.45) is 3.68. The number of hydrogen-bond donors (Lipinski definition) is 1. The fraction of sp³-hybridized carbons (Fsp3) is 0.214. The molecule has 3 heterocycles. The third-order valence-electron chi connectivity index (χ3n) is 3.08. The van der Waals surface area contributed by atoms with Gasteiger partial charge in [-0.25, -0.2) is 9.97 Å². The summed E-state index contributed by atoms with van der Waals surface area (Å²) in [5.74, 6) is 1.23. The number of nitrogens with two attached hydrogens (primary N) is 1. The zero-order valence-corrected chi connectivity index (χ0v) is 11.8.